The molecule has 108 valence electrons. The molecule has 1 atom stereocenters. The first kappa shape index (κ1) is 17.0. The second kappa shape index (κ2) is 7.07. The van der Waals surface area contributed by atoms with Crippen LogP contribution in [-0.2, 0) is 0 Å². The van der Waals surface area contributed by atoms with Crippen LogP contribution in [0.4, 0.5) is 5.69 Å². The van der Waals surface area contributed by atoms with Gasteiger partial charge in [0.2, 0.25) is 0 Å². The summed E-state index contributed by atoms with van der Waals surface area (Å²) < 4.78 is 1.60. The molecule has 0 spiro atoms. The van der Waals surface area contributed by atoms with Crippen molar-refractivity contribution < 1.29 is 5.11 Å². The van der Waals surface area contributed by atoms with Gasteiger partial charge >= 0.3 is 0 Å². The van der Waals surface area contributed by atoms with Gasteiger partial charge in [0.25, 0.3) is 0 Å². The summed E-state index contributed by atoms with van der Waals surface area (Å²) in [7, 11) is 0. The average molecular weight is 394 g/mol. The van der Waals surface area contributed by atoms with Gasteiger partial charge in [0, 0.05) is 27.6 Å². The number of rotatable bonds is 5. The Morgan fingerprint density at radius 1 is 1.11 bits per heavy atom. The summed E-state index contributed by atoms with van der Waals surface area (Å²) in [5, 5.41) is 10.4. The largest absolute Gasteiger partial charge is 0.397 e. The molecule has 0 amide bonds. The van der Waals surface area contributed by atoms with Crippen molar-refractivity contribution in [1.29, 1.82) is 0 Å². The monoisotopic (exact) mass is 392 g/mol. The van der Waals surface area contributed by atoms with E-state index in [2.05, 4.69) is 64.5 Å². The highest BCUT2D eigenvalue weighted by molar-refractivity contribution is 9.11. The van der Waals surface area contributed by atoms with Crippen molar-refractivity contribution in [3.8, 4) is 0 Å². The molecule has 0 aliphatic rings. The van der Waals surface area contributed by atoms with Gasteiger partial charge in [-0.05, 0) is 77.3 Å². The summed E-state index contributed by atoms with van der Waals surface area (Å²) >= 11 is 6.82. The van der Waals surface area contributed by atoms with Gasteiger partial charge in [-0.25, -0.2) is 0 Å². The zero-order valence-electron chi connectivity index (χ0n) is 11.8. The van der Waals surface area contributed by atoms with Crippen molar-refractivity contribution in [3.05, 3.63) is 26.6 Å². The molecule has 0 bridgehead atoms. The van der Waals surface area contributed by atoms with E-state index in [4.69, 9.17) is 5.73 Å². The van der Waals surface area contributed by atoms with Crippen LogP contribution in [0, 0.1) is 0 Å². The molecule has 1 aromatic rings. The Morgan fingerprint density at radius 3 is 1.89 bits per heavy atom. The SMILES string of the molecule is CC(C)N(CC(O)c1cc(Br)c(N)c(Br)c1)C(C)C. The zero-order chi connectivity index (χ0) is 14.7. The maximum Gasteiger partial charge on any atom is 0.0917 e. The Bertz CT molecular complexity index is 404. The summed E-state index contributed by atoms with van der Waals surface area (Å²) in [6, 6.07) is 4.55. The second-order valence-electron chi connectivity index (χ2n) is 5.30. The second-order valence-corrected chi connectivity index (χ2v) is 7.01. The van der Waals surface area contributed by atoms with Crippen LogP contribution in [0.2, 0.25) is 0 Å². The van der Waals surface area contributed by atoms with E-state index in [1.54, 1.807) is 0 Å². The number of aliphatic hydroxyl groups is 1. The quantitative estimate of drug-likeness (QED) is 0.744. The molecule has 0 aliphatic carbocycles. The molecule has 19 heavy (non-hydrogen) atoms. The van der Waals surface area contributed by atoms with Crippen molar-refractivity contribution in [2.24, 2.45) is 0 Å². The standard InChI is InChI=1S/C14H22Br2N2O/c1-8(2)18(9(3)4)7-13(19)10-5-11(15)14(17)12(16)6-10/h5-6,8-9,13,19H,7,17H2,1-4H3. The molecular formula is C14H22Br2N2O. The molecule has 5 heteroatoms. The average Bonchev–Trinajstić information content (AvgIpc) is 2.31. The maximum absolute atomic E-state index is 10.4. The first-order chi connectivity index (χ1) is 8.73. The summed E-state index contributed by atoms with van der Waals surface area (Å²) in [6.45, 7) is 9.17. The Hall–Kier alpha value is -0.100. The minimum atomic E-state index is -0.530. The first-order valence-electron chi connectivity index (χ1n) is 6.42. The van der Waals surface area contributed by atoms with Crippen molar-refractivity contribution in [2.75, 3.05) is 12.3 Å². The van der Waals surface area contributed by atoms with Gasteiger partial charge in [0.05, 0.1) is 11.8 Å². The third-order valence-electron chi connectivity index (χ3n) is 3.20. The predicted molar refractivity (Wildman–Crippen MR) is 88.2 cm³/mol. The van der Waals surface area contributed by atoms with Crippen LogP contribution in [0.5, 0.6) is 0 Å². The van der Waals surface area contributed by atoms with Crippen LogP contribution in [0.15, 0.2) is 21.1 Å². The predicted octanol–water partition coefficient (Wildman–Crippen LogP) is 3.95. The lowest BCUT2D eigenvalue weighted by molar-refractivity contribution is 0.0756. The van der Waals surface area contributed by atoms with Crippen LogP contribution < -0.4 is 5.73 Å². The molecule has 1 aromatic carbocycles. The fraction of sp³-hybridized carbons (Fsp3) is 0.571. The number of nitrogen functional groups attached to an aromatic ring is 1. The number of aliphatic hydroxyl groups excluding tert-OH is 1. The molecule has 0 radical (unpaired) electrons. The third-order valence-corrected chi connectivity index (χ3v) is 4.51. The van der Waals surface area contributed by atoms with Gasteiger partial charge in [-0.3, -0.25) is 4.90 Å². The summed E-state index contributed by atoms with van der Waals surface area (Å²) in [5.74, 6) is 0. The number of anilines is 1. The number of nitrogens with two attached hydrogens (primary N) is 1. The molecule has 1 rings (SSSR count). The third kappa shape index (κ3) is 4.45. The van der Waals surface area contributed by atoms with Crippen LogP contribution in [-0.4, -0.2) is 28.6 Å². The van der Waals surface area contributed by atoms with Crippen molar-refractivity contribution in [2.45, 2.75) is 45.9 Å². The van der Waals surface area contributed by atoms with Gasteiger partial charge < -0.3 is 10.8 Å². The summed E-state index contributed by atoms with van der Waals surface area (Å²) in [4.78, 5) is 2.27. The van der Waals surface area contributed by atoms with E-state index < -0.39 is 6.10 Å². The Balaban J connectivity index is 2.91. The van der Waals surface area contributed by atoms with Gasteiger partial charge in [0.1, 0.15) is 0 Å². The van der Waals surface area contributed by atoms with E-state index in [0.717, 1.165) is 14.5 Å². The maximum atomic E-state index is 10.4. The lowest BCUT2D eigenvalue weighted by Gasteiger charge is -2.32. The lowest BCUT2D eigenvalue weighted by atomic mass is 10.1. The van der Waals surface area contributed by atoms with E-state index >= 15 is 0 Å². The number of hydrogen-bond donors (Lipinski definition) is 2. The van der Waals surface area contributed by atoms with Crippen LogP contribution in [0.1, 0.15) is 39.4 Å². The molecule has 1 unspecified atom stereocenters. The molecule has 3 N–H and O–H groups in total. The van der Waals surface area contributed by atoms with E-state index in [1.807, 2.05) is 12.1 Å². The Kier molecular flexibility index (Phi) is 6.30. The van der Waals surface area contributed by atoms with Crippen LogP contribution in [0.25, 0.3) is 0 Å². The Labute approximate surface area is 132 Å². The number of nitrogens with zero attached hydrogens (tertiary/aromatic N) is 1. The zero-order valence-corrected chi connectivity index (χ0v) is 15.0. The lowest BCUT2D eigenvalue weighted by Crippen LogP contribution is -2.39. The molecule has 3 nitrogen and oxygen atoms in total. The van der Waals surface area contributed by atoms with Crippen LogP contribution >= 0.6 is 31.9 Å². The molecule has 0 heterocycles. The van der Waals surface area contributed by atoms with Gasteiger partial charge in [-0.1, -0.05) is 0 Å². The van der Waals surface area contributed by atoms with E-state index in [0.29, 0.717) is 24.3 Å². The topological polar surface area (TPSA) is 49.5 Å². The smallest absolute Gasteiger partial charge is 0.0917 e. The fourth-order valence-electron chi connectivity index (χ4n) is 2.12. The minimum absolute atomic E-state index is 0.398. The minimum Gasteiger partial charge on any atom is -0.397 e. The highest BCUT2D eigenvalue weighted by Crippen LogP contribution is 2.32. The van der Waals surface area contributed by atoms with Crippen molar-refractivity contribution >= 4 is 37.5 Å². The molecular weight excluding hydrogens is 372 g/mol. The molecule has 0 aliphatic heterocycles. The summed E-state index contributed by atoms with van der Waals surface area (Å²) in [6.07, 6.45) is -0.530. The van der Waals surface area contributed by atoms with Gasteiger partial charge in [-0.2, -0.15) is 0 Å². The van der Waals surface area contributed by atoms with Gasteiger partial charge in [0.15, 0.2) is 0 Å². The normalized spacial score (nSPS) is 13.6. The van der Waals surface area contributed by atoms with E-state index in [1.165, 1.54) is 0 Å². The molecule has 0 aromatic heterocycles. The number of halogens is 2. The van der Waals surface area contributed by atoms with Crippen molar-refractivity contribution in [1.82, 2.24) is 4.90 Å². The Morgan fingerprint density at radius 2 is 1.53 bits per heavy atom. The highest BCUT2D eigenvalue weighted by Gasteiger charge is 2.19. The first-order valence-corrected chi connectivity index (χ1v) is 8.00. The number of hydrogen-bond acceptors (Lipinski definition) is 3. The molecule has 0 saturated heterocycles. The van der Waals surface area contributed by atoms with E-state index in [9.17, 15) is 5.11 Å². The molecule has 0 saturated carbocycles. The van der Waals surface area contributed by atoms with Gasteiger partial charge in [-0.15, -0.1) is 0 Å². The summed E-state index contributed by atoms with van der Waals surface area (Å²) in [5.41, 5.74) is 7.38. The fourth-order valence-corrected chi connectivity index (χ4v) is 3.34. The highest BCUT2D eigenvalue weighted by atomic mass is 79.9. The van der Waals surface area contributed by atoms with E-state index in [-0.39, 0.29) is 0 Å². The van der Waals surface area contributed by atoms with Crippen LogP contribution in [0.3, 0.4) is 0 Å². The van der Waals surface area contributed by atoms with Crippen molar-refractivity contribution in [3.63, 3.8) is 0 Å². The number of benzene rings is 1. The molecule has 0 fully saturated rings.